The molecule has 112 valence electrons. The van der Waals surface area contributed by atoms with Crippen molar-refractivity contribution in [3.05, 3.63) is 22.6 Å². The van der Waals surface area contributed by atoms with Gasteiger partial charge in [0.1, 0.15) is 0 Å². The van der Waals surface area contributed by atoms with Gasteiger partial charge in [-0.1, -0.05) is 0 Å². The maximum absolute atomic E-state index is 12.2. The van der Waals surface area contributed by atoms with Gasteiger partial charge in [-0.05, 0) is 25.5 Å². The molecule has 0 amide bonds. The van der Waals surface area contributed by atoms with Gasteiger partial charge in [0.2, 0.25) is 0 Å². The first-order valence-electron chi connectivity index (χ1n) is 7.07. The Balaban J connectivity index is 2.18. The highest BCUT2D eigenvalue weighted by Crippen LogP contribution is 2.33. The summed E-state index contributed by atoms with van der Waals surface area (Å²) in [6.45, 7) is 5.00. The van der Waals surface area contributed by atoms with Crippen molar-refractivity contribution in [1.29, 1.82) is 0 Å². The maximum atomic E-state index is 12.2. The molecule has 0 atom stereocenters. The molecule has 0 aliphatic carbocycles. The smallest absolute Gasteiger partial charge is 0.268 e. The quantitative estimate of drug-likeness (QED) is 0.835. The Kier molecular flexibility index (Phi) is 5.10. The van der Waals surface area contributed by atoms with Gasteiger partial charge in [0, 0.05) is 38.3 Å². The van der Waals surface area contributed by atoms with E-state index < -0.39 is 0 Å². The molecule has 2 rings (SSSR count). The number of rotatable bonds is 5. The van der Waals surface area contributed by atoms with Crippen molar-refractivity contribution >= 4 is 18.3 Å². The summed E-state index contributed by atoms with van der Waals surface area (Å²) >= 11 is 4.47. The minimum absolute atomic E-state index is 0.0242. The van der Waals surface area contributed by atoms with Gasteiger partial charge in [0.15, 0.2) is 0 Å². The molecule has 1 aromatic heterocycles. The summed E-state index contributed by atoms with van der Waals surface area (Å²) in [5.41, 5.74) is 0.840. The van der Waals surface area contributed by atoms with Gasteiger partial charge in [0.05, 0.1) is 18.4 Å². The lowest BCUT2D eigenvalue weighted by Gasteiger charge is -2.35. The molecule has 6 heteroatoms. The third-order valence-corrected chi connectivity index (χ3v) is 4.82. The van der Waals surface area contributed by atoms with E-state index in [9.17, 15) is 4.79 Å². The van der Waals surface area contributed by atoms with E-state index in [-0.39, 0.29) is 11.0 Å². The molecule has 0 saturated carbocycles. The van der Waals surface area contributed by atoms with Gasteiger partial charge >= 0.3 is 0 Å². The number of aromatic nitrogens is 2. The van der Waals surface area contributed by atoms with Crippen LogP contribution in [-0.4, -0.2) is 42.3 Å². The minimum Gasteiger partial charge on any atom is -0.381 e. The van der Waals surface area contributed by atoms with E-state index in [0.717, 1.165) is 44.0 Å². The molecule has 1 aliphatic heterocycles. The van der Waals surface area contributed by atoms with Crippen LogP contribution in [0.4, 0.5) is 5.69 Å². The lowest BCUT2D eigenvalue weighted by Crippen LogP contribution is -2.39. The summed E-state index contributed by atoms with van der Waals surface area (Å²) in [6.07, 6.45) is 3.62. The van der Waals surface area contributed by atoms with E-state index in [1.54, 1.807) is 16.9 Å². The molecule has 20 heavy (non-hydrogen) atoms. The van der Waals surface area contributed by atoms with Crippen LogP contribution in [0.15, 0.2) is 17.1 Å². The normalized spacial score (nSPS) is 17.9. The third kappa shape index (κ3) is 3.35. The predicted molar refractivity (Wildman–Crippen MR) is 83.8 cm³/mol. The van der Waals surface area contributed by atoms with E-state index in [4.69, 9.17) is 4.74 Å². The van der Waals surface area contributed by atoms with Crippen LogP contribution in [0.1, 0.15) is 19.8 Å². The molecule has 1 aromatic rings. The van der Waals surface area contributed by atoms with Crippen molar-refractivity contribution < 1.29 is 4.74 Å². The number of ether oxygens (including phenoxy) is 1. The summed E-state index contributed by atoms with van der Waals surface area (Å²) in [5, 5.41) is 4.32. The first kappa shape index (κ1) is 15.4. The number of hydrogen-bond donors (Lipinski definition) is 1. The Morgan fingerprint density at radius 2 is 2.20 bits per heavy atom. The summed E-state index contributed by atoms with van der Waals surface area (Å²) in [4.78, 5) is 14.2. The van der Waals surface area contributed by atoms with Gasteiger partial charge in [-0.2, -0.15) is 17.7 Å². The van der Waals surface area contributed by atoms with Crippen molar-refractivity contribution in [2.45, 2.75) is 26.3 Å². The van der Waals surface area contributed by atoms with E-state index >= 15 is 0 Å². The fraction of sp³-hybridized carbons (Fsp3) is 0.714. The van der Waals surface area contributed by atoms with Gasteiger partial charge in [-0.25, -0.2) is 4.68 Å². The molecule has 0 spiro atoms. The average Bonchev–Trinajstić information content (AvgIpc) is 2.49. The Morgan fingerprint density at radius 1 is 1.50 bits per heavy atom. The molecule has 0 N–H and O–H groups in total. The first-order valence-corrected chi connectivity index (χ1v) is 7.70. The second-order valence-corrected chi connectivity index (χ2v) is 5.81. The van der Waals surface area contributed by atoms with Crippen molar-refractivity contribution in [2.75, 3.05) is 37.5 Å². The largest absolute Gasteiger partial charge is 0.381 e. The fourth-order valence-corrected chi connectivity index (χ4v) is 2.84. The monoisotopic (exact) mass is 297 g/mol. The SMILES string of the molecule is CCN(C)c1cnn(CC2(CS)CCOCC2)c(=O)c1. The van der Waals surface area contributed by atoms with Crippen molar-refractivity contribution in [3.63, 3.8) is 0 Å². The predicted octanol–water partition coefficient (Wildman–Crippen LogP) is 1.43. The van der Waals surface area contributed by atoms with Gasteiger partial charge in [-0.15, -0.1) is 0 Å². The topological polar surface area (TPSA) is 47.4 Å². The van der Waals surface area contributed by atoms with Crippen LogP contribution in [0.3, 0.4) is 0 Å². The Bertz CT molecular complexity index is 497. The van der Waals surface area contributed by atoms with Gasteiger partial charge in [-0.3, -0.25) is 4.79 Å². The van der Waals surface area contributed by atoms with Crippen LogP contribution in [0.25, 0.3) is 0 Å². The zero-order chi connectivity index (χ0) is 14.6. The second-order valence-electron chi connectivity index (χ2n) is 5.49. The molecular formula is C14H23N3O2S. The standard InChI is InChI=1S/C14H23N3O2S/c1-3-16(2)12-8-13(18)17(15-9-12)10-14(11-20)4-6-19-7-5-14/h8-9,20H,3-7,10-11H2,1-2H3. The lowest BCUT2D eigenvalue weighted by atomic mass is 9.82. The van der Waals surface area contributed by atoms with Gasteiger partial charge in [0.25, 0.3) is 5.56 Å². The average molecular weight is 297 g/mol. The van der Waals surface area contributed by atoms with E-state index in [2.05, 4.69) is 17.7 Å². The van der Waals surface area contributed by atoms with Crippen molar-refractivity contribution in [1.82, 2.24) is 9.78 Å². The molecule has 5 nitrogen and oxygen atoms in total. The van der Waals surface area contributed by atoms with Crippen molar-refractivity contribution in [2.24, 2.45) is 5.41 Å². The summed E-state index contributed by atoms with van der Waals surface area (Å²) < 4.78 is 6.98. The number of thiol groups is 1. The highest BCUT2D eigenvalue weighted by molar-refractivity contribution is 7.80. The summed E-state index contributed by atoms with van der Waals surface area (Å²) in [6, 6.07) is 1.65. The van der Waals surface area contributed by atoms with Crippen LogP contribution in [0.2, 0.25) is 0 Å². The van der Waals surface area contributed by atoms with E-state index in [1.807, 2.05) is 18.9 Å². The molecule has 0 unspecified atom stereocenters. The Hall–Kier alpha value is -1.01. The number of hydrogen-bond acceptors (Lipinski definition) is 5. The highest BCUT2D eigenvalue weighted by Gasteiger charge is 2.32. The molecule has 0 radical (unpaired) electrons. The van der Waals surface area contributed by atoms with Crippen LogP contribution in [-0.2, 0) is 11.3 Å². The lowest BCUT2D eigenvalue weighted by molar-refractivity contribution is 0.0158. The molecular weight excluding hydrogens is 274 g/mol. The third-order valence-electron chi connectivity index (χ3n) is 4.14. The van der Waals surface area contributed by atoms with Crippen LogP contribution >= 0.6 is 12.6 Å². The number of anilines is 1. The first-order chi connectivity index (χ1) is 9.60. The zero-order valence-electron chi connectivity index (χ0n) is 12.2. The molecule has 1 aliphatic rings. The van der Waals surface area contributed by atoms with E-state index in [1.165, 1.54) is 0 Å². The van der Waals surface area contributed by atoms with E-state index in [0.29, 0.717) is 6.54 Å². The van der Waals surface area contributed by atoms with Crippen LogP contribution in [0, 0.1) is 5.41 Å². The van der Waals surface area contributed by atoms with Crippen LogP contribution < -0.4 is 10.5 Å². The Labute approximate surface area is 125 Å². The zero-order valence-corrected chi connectivity index (χ0v) is 13.1. The minimum atomic E-state index is -0.0459. The summed E-state index contributed by atoms with van der Waals surface area (Å²) in [7, 11) is 1.95. The number of nitrogens with zero attached hydrogens (tertiary/aromatic N) is 3. The highest BCUT2D eigenvalue weighted by atomic mass is 32.1. The van der Waals surface area contributed by atoms with Crippen LogP contribution in [0.5, 0.6) is 0 Å². The van der Waals surface area contributed by atoms with Crippen molar-refractivity contribution in [3.8, 4) is 0 Å². The Morgan fingerprint density at radius 3 is 2.75 bits per heavy atom. The maximum Gasteiger partial charge on any atom is 0.268 e. The second kappa shape index (κ2) is 6.63. The molecule has 1 saturated heterocycles. The molecule has 0 aromatic carbocycles. The fourth-order valence-electron chi connectivity index (χ4n) is 2.42. The molecule has 0 bridgehead atoms. The summed E-state index contributed by atoms with van der Waals surface area (Å²) in [5.74, 6) is 0.751. The molecule has 2 heterocycles. The van der Waals surface area contributed by atoms with Gasteiger partial charge < -0.3 is 9.64 Å². The molecule has 1 fully saturated rings.